The summed E-state index contributed by atoms with van der Waals surface area (Å²) in [5, 5.41) is 0.250. The Hall–Kier alpha value is -1.55. The minimum absolute atomic E-state index is 0.0266. The molecule has 1 saturated carbocycles. The van der Waals surface area contributed by atoms with Gasteiger partial charge in [0.05, 0.1) is 42.4 Å². The van der Waals surface area contributed by atoms with Gasteiger partial charge in [0, 0.05) is 30.1 Å². The average molecular weight is 466 g/mol. The molecule has 154 valence electrons. The van der Waals surface area contributed by atoms with Crippen LogP contribution in [0.4, 0.5) is 4.39 Å². The van der Waals surface area contributed by atoms with Crippen LogP contribution in [0.15, 0.2) is 9.27 Å². The number of likely N-dealkylation sites (tertiary alicyclic amines) is 1. The monoisotopic (exact) mass is 465 g/mol. The van der Waals surface area contributed by atoms with E-state index in [2.05, 4.69) is 30.8 Å². The van der Waals surface area contributed by atoms with E-state index in [1.54, 1.807) is 0 Å². The van der Waals surface area contributed by atoms with Crippen molar-refractivity contribution in [3.63, 3.8) is 0 Å². The smallest absolute Gasteiger partial charge is 0.297 e. The highest BCUT2D eigenvalue weighted by molar-refractivity contribution is 9.10. The quantitative estimate of drug-likeness (QED) is 0.730. The van der Waals surface area contributed by atoms with E-state index in [0.29, 0.717) is 34.4 Å². The molecule has 3 fully saturated rings. The number of hydrogen-bond acceptors (Lipinski definition) is 6. The predicted molar refractivity (Wildman–Crippen MR) is 105 cm³/mol. The summed E-state index contributed by atoms with van der Waals surface area (Å²) in [7, 11) is 0. The fraction of sp³-hybridized carbons (Fsp3) is 0.600. The molecule has 0 unspecified atom stereocenters. The van der Waals surface area contributed by atoms with Crippen LogP contribution in [0.5, 0.6) is 6.01 Å². The van der Waals surface area contributed by atoms with Gasteiger partial charge in [0.2, 0.25) is 0 Å². The summed E-state index contributed by atoms with van der Waals surface area (Å²) in [5.41, 5.74) is 1.09. The van der Waals surface area contributed by atoms with Gasteiger partial charge in [-0.05, 0) is 40.8 Å². The number of nitrogens with one attached hydrogen (secondary N) is 1. The molecule has 9 heteroatoms. The van der Waals surface area contributed by atoms with Gasteiger partial charge < -0.3 is 14.2 Å². The van der Waals surface area contributed by atoms with Crippen molar-refractivity contribution >= 4 is 26.8 Å². The van der Waals surface area contributed by atoms with Crippen LogP contribution in [-0.2, 0) is 22.7 Å². The summed E-state index contributed by atoms with van der Waals surface area (Å²) >= 11 is 3.28. The summed E-state index contributed by atoms with van der Waals surface area (Å²) < 4.78 is 32.2. The zero-order valence-electron chi connectivity index (χ0n) is 15.8. The van der Waals surface area contributed by atoms with Crippen molar-refractivity contribution in [1.82, 2.24) is 14.9 Å². The maximum atomic E-state index is 14.9. The average Bonchev–Trinajstić information content (AvgIpc) is 3.08. The molecule has 4 aliphatic rings. The highest BCUT2D eigenvalue weighted by Crippen LogP contribution is 2.48. The molecule has 1 aromatic carbocycles. The second kappa shape index (κ2) is 6.47. The zero-order chi connectivity index (χ0) is 19.8. The van der Waals surface area contributed by atoms with E-state index >= 15 is 0 Å². The Labute approximate surface area is 174 Å². The largest absolute Gasteiger partial charge is 0.464 e. The molecule has 0 spiro atoms. The number of hydrogen-bond donors (Lipinski definition) is 1. The third-order valence-corrected chi connectivity index (χ3v) is 7.57. The van der Waals surface area contributed by atoms with Gasteiger partial charge in [-0.3, -0.25) is 14.7 Å². The van der Waals surface area contributed by atoms with Gasteiger partial charge in [0.1, 0.15) is 5.52 Å². The van der Waals surface area contributed by atoms with Crippen molar-refractivity contribution in [3.8, 4) is 6.01 Å². The van der Waals surface area contributed by atoms with Crippen molar-refractivity contribution in [2.24, 2.45) is 5.41 Å². The SMILES string of the molecule is O=c1[nH]c(OCC2(CN3C[C@H]4C[C@@H]3CO4)CC2)nc2c(F)c(Br)c3c(c12)COC3. The summed E-state index contributed by atoms with van der Waals surface area (Å²) in [4.78, 5) is 22.2. The number of aromatic nitrogens is 2. The van der Waals surface area contributed by atoms with Crippen LogP contribution in [-0.4, -0.2) is 53.3 Å². The highest BCUT2D eigenvalue weighted by atomic mass is 79.9. The summed E-state index contributed by atoms with van der Waals surface area (Å²) in [5.74, 6) is -0.547. The minimum Gasteiger partial charge on any atom is -0.464 e. The Morgan fingerprint density at radius 3 is 2.90 bits per heavy atom. The van der Waals surface area contributed by atoms with Crippen LogP contribution in [0.1, 0.15) is 30.4 Å². The third-order valence-electron chi connectivity index (χ3n) is 6.75. The second-order valence-corrected chi connectivity index (χ2v) is 9.53. The van der Waals surface area contributed by atoms with E-state index in [1.807, 2.05) is 0 Å². The fourth-order valence-corrected chi connectivity index (χ4v) is 5.44. The molecular weight excluding hydrogens is 445 g/mol. The lowest BCUT2D eigenvalue weighted by molar-refractivity contribution is 0.0176. The van der Waals surface area contributed by atoms with E-state index < -0.39 is 11.4 Å². The molecular formula is C20H21BrFN3O4. The second-order valence-electron chi connectivity index (χ2n) is 8.74. The van der Waals surface area contributed by atoms with Crippen LogP contribution >= 0.6 is 15.9 Å². The summed E-state index contributed by atoms with van der Waals surface area (Å²) in [6.07, 6.45) is 3.68. The number of halogens is 2. The van der Waals surface area contributed by atoms with Crippen LogP contribution in [0.3, 0.4) is 0 Å². The Bertz CT molecular complexity index is 1070. The van der Waals surface area contributed by atoms with Gasteiger partial charge in [0.25, 0.3) is 11.6 Å². The molecule has 3 aliphatic heterocycles. The van der Waals surface area contributed by atoms with Crippen LogP contribution in [0.2, 0.25) is 0 Å². The van der Waals surface area contributed by atoms with E-state index in [0.717, 1.165) is 39.0 Å². The fourth-order valence-electron chi connectivity index (χ4n) is 4.89. The van der Waals surface area contributed by atoms with Crippen molar-refractivity contribution in [3.05, 3.63) is 31.8 Å². The van der Waals surface area contributed by atoms with Gasteiger partial charge in [0.15, 0.2) is 5.82 Å². The van der Waals surface area contributed by atoms with Crippen molar-refractivity contribution in [2.45, 2.75) is 44.6 Å². The molecule has 0 amide bonds. The molecule has 2 aromatic rings. The predicted octanol–water partition coefficient (Wildman–Crippen LogP) is 2.49. The van der Waals surface area contributed by atoms with Crippen LogP contribution in [0.25, 0.3) is 10.9 Å². The summed E-state index contributed by atoms with van der Waals surface area (Å²) in [6, 6.07) is 0.594. The molecule has 0 radical (unpaired) electrons. The maximum Gasteiger partial charge on any atom is 0.297 e. The van der Waals surface area contributed by atoms with Crippen molar-refractivity contribution in [2.75, 3.05) is 26.3 Å². The molecule has 1 N–H and O–H groups in total. The van der Waals surface area contributed by atoms with E-state index in [9.17, 15) is 9.18 Å². The number of benzene rings is 1. The first-order valence-corrected chi connectivity index (χ1v) is 10.8. The number of rotatable bonds is 5. The first-order chi connectivity index (χ1) is 14.0. The van der Waals surface area contributed by atoms with Gasteiger partial charge in [-0.15, -0.1) is 0 Å². The number of H-pyrrole nitrogens is 1. The molecule has 1 aliphatic carbocycles. The molecule has 7 nitrogen and oxygen atoms in total. The Morgan fingerprint density at radius 1 is 1.34 bits per heavy atom. The van der Waals surface area contributed by atoms with Crippen LogP contribution < -0.4 is 10.3 Å². The Kier molecular flexibility index (Phi) is 4.07. The number of nitrogens with zero attached hydrogens (tertiary/aromatic N) is 2. The molecule has 6 rings (SSSR count). The lowest BCUT2D eigenvalue weighted by atomic mass is 10.0. The number of aromatic amines is 1. The zero-order valence-corrected chi connectivity index (χ0v) is 17.4. The van der Waals surface area contributed by atoms with E-state index in [1.165, 1.54) is 0 Å². The minimum atomic E-state index is -0.547. The molecule has 2 bridgehead atoms. The number of ether oxygens (including phenoxy) is 3. The topological polar surface area (TPSA) is 76.7 Å². The number of fused-ring (bicyclic) bond motifs is 5. The van der Waals surface area contributed by atoms with E-state index in [4.69, 9.17) is 14.2 Å². The molecule has 2 atom stereocenters. The Balaban J connectivity index is 1.25. The molecule has 4 heterocycles. The Morgan fingerprint density at radius 2 is 2.17 bits per heavy atom. The molecule has 29 heavy (non-hydrogen) atoms. The molecule has 2 saturated heterocycles. The first-order valence-electron chi connectivity index (χ1n) is 10.0. The maximum absolute atomic E-state index is 14.9. The van der Waals surface area contributed by atoms with Gasteiger partial charge >= 0.3 is 0 Å². The lowest BCUT2D eigenvalue weighted by Crippen LogP contribution is -2.42. The van der Waals surface area contributed by atoms with Gasteiger partial charge in [-0.2, -0.15) is 4.98 Å². The number of morpholine rings is 1. The normalized spacial score (nSPS) is 27.0. The lowest BCUT2D eigenvalue weighted by Gasteiger charge is -2.30. The highest BCUT2D eigenvalue weighted by Gasteiger charge is 2.49. The van der Waals surface area contributed by atoms with Crippen molar-refractivity contribution in [1.29, 1.82) is 0 Å². The molecule has 1 aromatic heterocycles. The van der Waals surface area contributed by atoms with Gasteiger partial charge in [-0.1, -0.05) is 0 Å². The van der Waals surface area contributed by atoms with Gasteiger partial charge in [-0.25, -0.2) is 4.39 Å². The van der Waals surface area contributed by atoms with Crippen molar-refractivity contribution < 1.29 is 18.6 Å². The third kappa shape index (κ3) is 2.93. The summed E-state index contributed by atoms with van der Waals surface area (Å²) in [6.45, 7) is 3.81. The standard InChI is InChI=1S/C20H21BrFN3O4/c21-15-13-7-27-6-12(13)14-17(16(15)22)23-19(24-18(14)26)29-9-20(1-2-20)8-25-4-11-3-10(25)5-28-11/h10-11H,1-9H2,(H,23,24,26)/t10-,11-/m1/s1. The van der Waals surface area contributed by atoms with Crippen LogP contribution in [0, 0.1) is 11.2 Å². The van der Waals surface area contributed by atoms with E-state index in [-0.39, 0.29) is 35.5 Å². The first kappa shape index (κ1) is 18.2.